The highest BCUT2D eigenvalue weighted by molar-refractivity contribution is 6.31. The fourth-order valence-corrected chi connectivity index (χ4v) is 3.39. The first kappa shape index (κ1) is 14.8. The van der Waals surface area contributed by atoms with E-state index in [2.05, 4.69) is 17.3 Å². The normalized spacial score (nSPS) is 27.7. The number of halogens is 1. The Labute approximate surface area is 120 Å². The van der Waals surface area contributed by atoms with Crippen molar-refractivity contribution in [3.05, 3.63) is 16.4 Å². The summed E-state index contributed by atoms with van der Waals surface area (Å²) in [5.41, 5.74) is 1.69. The minimum absolute atomic E-state index is 0.154. The lowest BCUT2D eigenvalue weighted by molar-refractivity contribution is 0.0976. The second-order valence-corrected chi connectivity index (χ2v) is 6.34. The molecule has 2 N–H and O–H groups in total. The average molecular weight is 286 g/mol. The van der Waals surface area contributed by atoms with Gasteiger partial charge in [-0.3, -0.25) is 4.68 Å². The van der Waals surface area contributed by atoms with E-state index in [1.165, 1.54) is 12.8 Å². The van der Waals surface area contributed by atoms with E-state index in [4.69, 9.17) is 11.6 Å². The summed E-state index contributed by atoms with van der Waals surface area (Å²) in [5.74, 6) is 0.664. The largest absolute Gasteiger partial charge is 0.394 e. The van der Waals surface area contributed by atoms with Crippen molar-refractivity contribution in [2.45, 2.75) is 51.6 Å². The topological polar surface area (TPSA) is 50.1 Å². The molecule has 2 rings (SSSR count). The molecular formula is C14H24ClN3O. The van der Waals surface area contributed by atoms with E-state index < -0.39 is 0 Å². The molecule has 1 aromatic rings. The van der Waals surface area contributed by atoms with E-state index in [1.54, 1.807) is 0 Å². The molecule has 5 heteroatoms. The molecule has 1 saturated carbocycles. The molecule has 1 aliphatic carbocycles. The van der Waals surface area contributed by atoms with Crippen LogP contribution in [0.15, 0.2) is 0 Å². The Bertz CT molecular complexity index is 446. The van der Waals surface area contributed by atoms with Crippen LogP contribution >= 0.6 is 11.6 Å². The molecule has 0 amide bonds. The SMILES string of the molecule is Cc1nn(C)c(CNC2(CO)CCCC(C)C2)c1Cl. The van der Waals surface area contributed by atoms with Crippen LogP contribution in [0, 0.1) is 12.8 Å². The molecule has 0 saturated heterocycles. The van der Waals surface area contributed by atoms with E-state index >= 15 is 0 Å². The molecule has 1 heterocycles. The van der Waals surface area contributed by atoms with Crippen LogP contribution in [0.3, 0.4) is 0 Å². The first-order valence-corrected chi connectivity index (χ1v) is 7.39. The highest BCUT2D eigenvalue weighted by Crippen LogP contribution is 2.32. The first-order valence-electron chi connectivity index (χ1n) is 7.01. The molecule has 4 nitrogen and oxygen atoms in total. The summed E-state index contributed by atoms with van der Waals surface area (Å²) in [4.78, 5) is 0. The van der Waals surface area contributed by atoms with Gasteiger partial charge < -0.3 is 10.4 Å². The molecule has 0 bridgehead atoms. The maximum absolute atomic E-state index is 9.76. The van der Waals surface area contributed by atoms with E-state index in [-0.39, 0.29) is 12.1 Å². The minimum atomic E-state index is -0.154. The van der Waals surface area contributed by atoms with Gasteiger partial charge in [0.15, 0.2) is 0 Å². The number of aromatic nitrogens is 2. The summed E-state index contributed by atoms with van der Waals surface area (Å²) < 4.78 is 1.82. The van der Waals surface area contributed by atoms with Crippen LogP contribution in [0.5, 0.6) is 0 Å². The Morgan fingerprint density at radius 2 is 2.32 bits per heavy atom. The van der Waals surface area contributed by atoms with E-state index in [1.807, 2.05) is 18.7 Å². The third-order valence-corrected chi connectivity index (χ3v) is 4.78. The minimum Gasteiger partial charge on any atom is -0.394 e. The number of aliphatic hydroxyl groups is 1. The van der Waals surface area contributed by atoms with Crippen LogP contribution in [0.2, 0.25) is 5.02 Å². The van der Waals surface area contributed by atoms with E-state index in [9.17, 15) is 5.11 Å². The summed E-state index contributed by atoms with van der Waals surface area (Å²) in [7, 11) is 1.91. The van der Waals surface area contributed by atoms with Crippen molar-refractivity contribution in [3.63, 3.8) is 0 Å². The third kappa shape index (κ3) is 3.12. The molecule has 1 aliphatic rings. The predicted molar refractivity (Wildman–Crippen MR) is 77.2 cm³/mol. The summed E-state index contributed by atoms with van der Waals surface area (Å²) in [5, 5.41) is 18.3. The molecule has 0 spiro atoms. The van der Waals surface area contributed by atoms with Crippen LogP contribution in [0.1, 0.15) is 44.0 Å². The lowest BCUT2D eigenvalue weighted by atomic mass is 9.77. The molecule has 0 aromatic carbocycles. The Morgan fingerprint density at radius 1 is 1.58 bits per heavy atom. The number of hydrogen-bond acceptors (Lipinski definition) is 3. The van der Waals surface area contributed by atoms with Gasteiger partial charge in [0.2, 0.25) is 0 Å². The number of aliphatic hydroxyl groups excluding tert-OH is 1. The fourth-order valence-electron chi connectivity index (χ4n) is 3.16. The van der Waals surface area contributed by atoms with Crippen molar-refractivity contribution < 1.29 is 5.11 Å². The maximum atomic E-state index is 9.76. The molecule has 2 unspecified atom stereocenters. The molecular weight excluding hydrogens is 262 g/mol. The van der Waals surface area contributed by atoms with Gasteiger partial charge in [-0.2, -0.15) is 5.10 Å². The van der Waals surface area contributed by atoms with Crippen molar-refractivity contribution in [1.82, 2.24) is 15.1 Å². The molecule has 1 aromatic heterocycles. The zero-order valence-corrected chi connectivity index (χ0v) is 12.8. The number of nitrogens with one attached hydrogen (secondary N) is 1. The van der Waals surface area contributed by atoms with Crippen molar-refractivity contribution in [2.24, 2.45) is 13.0 Å². The van der Waals surface area contributed by atoms with Crippen LogP contribution in [-0.4, -0.2) is 27.0 Å². The van der Waals surface area contributed by atoms with Crippen LogP contribution in [0.4, 0.5) is 0 Å². The van der Waals surface area contributed by atoms with Gasteiger partial charge in [0.05, 0.1) is 23.0 Å². The van der Waals surface area contributed by atoms with Gasteiger partial charge in [0.25, 0.3) is 0 Å². The first-order chi connectivity index (χ1) is 8.97. The summed E-state index contributed by atoms with van der Waals surface area (Å²) in [6, 6.07) is 0. The Morgan fingerprint density at radius 3 is 2.84 bits per heavy atom. The van der Waals surface area contributed by atoms with Gasteiger partial charge in [-0.1, -0.05) is 31.4 Å². The Hall–Kier alpha value is -0.580. The lowest BCUT2D eigenvalue weighted by Crippen LogP contribution is -2.51. The number of hydrogen-bond donors (Lipinski definition) is 2. The van der Waals surface area contributed by atoms with Gasteiger partial charge in [-0.05, 0) is 25.7 Å². The monoisotopic (exact) mass is 285 g/mol. The highest BCUT2D eigenvalue weighted by atomic mass is 35.5. The molecule has 0 aliphatic heterocycles. The Balaban J connectivity index is 2.07. The second-order valence-electron chi connectivity index (χ2n) is 5.96. The lowest BCUT2D eigenvalue weighted by Gasteiger charge is -2.39. The number of nitrogens with zero attached hydrogens (tertiary/aromatic N) is 2. The smallest absolute Gasteiger partial charge is 0.0860 e. The zero-order valence-electron chi connectivity index (χ0n) is 12.0. The van der Waals surface area contributed by atoms with Gasteiger partial charge >= 0.3 is 0 Å². The molecule has 19 heavy (non-hydrogen) atoms. The van der Waals surface area contributed by atoms with Crippen molar-refractivity contribution in [2.75, 3.05) is 6.61 Å². The van der Waals surface area contributed by atoms with Crippen molar-refractivity contribution >= 4 is 11.6 Å². The van der Waals surface area contributed by atoms with E-state index in [0.717, 1.165) is 29.3 Å². The number of aryl methyl sites for hydroxylation is 2. The van der Waals surface area contributed by atoms with Gasteiger partial charge in [0.1, 0.15) is 0 Å². The summed E-state index contributed by atoms with van der Waals surface area (Å²) >= 11 is 6.26. The summed E-state index contributed by atoms with van der Waals surface area (Å²) in [6.45, 7) is 5.01. The molecule has 108 valence electrons. The summed E-state index contributed by atoms with van der Waals surface area (Å²) in [6.07, 6.45) is 4.49. The van der Waals surface area contributed by atoms with Crippen molar-refractivity contribution in [1.29, 1.82) is 0 Å². The molecule has 0 radical (unpaired) electrons. The van der Waals surface area contributed by atoms with Gasteiger partial charge in [-0.15, -0.1) is 0 Å². The highest BCUT2D eigenvalue weighted by Gasteiger charge is 2.34. The van der Waals surface area contributed by atoms with E-state index in [0.29, 0.717) is 12.5 Å². The zero-order chi connectivity index (χ0) is 14.0. The van der Waals surface area contributed by atoms with Crippen LogP contribution in [-0.2, 0) is 13.6 Å². The van der Waals surface area contributed by atoms with Crippen LogP contribution in [0.25, 0.3) is 0 Å². The predicted octanol–water partition coefficient (Wildman–Crippen LogP) is 2.41. The standard InChI is InChI=1S/C14H24ClN3O/c1-10-5-4-6-14(7-10,9-19)16-8-12-13(15)11(2)17-18(12)3/h10,16,19H,4-9H2,1-3H3. The fraction of sp³-hybridized carbons (Fsp3) is 0.786. The van der Waals surface area contributed by atoms with Gasteiger partial charge in [0, 0.05) is 19.1 Å². The molecule has 1 fully saturated rings. The Kier molecular flexibility index (Phi) is 4.54. The molecule has 2 atom stereocenters. The average Bonchev–Trinajstić information content (AvgIpc) is 2.61. The second kappa shape index (κ2) is 5.81. The quantitative estimate of drug-likeness (QED) is 0.893. The third-order valence-electron chi connectivity index (χ3n) is 4.29. The maximum Gasteiger partial charge on any atom is 0.0860 e. The van der Waals surface area contributed by atoms with Crippen LogP contribution < -0.4 is 5.32 Å². The van der Waals surface area contributed by atoms with Crippen molar-refractivity contribution in [3.8, 4) is 0 Å². The number of rotatable bonds is 4. The van der Waals surface area contributed by atoms with Gasteiger partial charge in [-0.25, -0.2) is 0 Å².